The van der Waals surface area contributed by atoms with Crippen molar-refractivity contribution in [3.63, 3.8) is 0 Å². The van der Waals surface area contributed by atoms with Crippen LogP contribution in [0.1, 0.15) is 271 Å². The molecule has 17 atom stereocenters. The number of amides is 1. The van der Waals surface area contributed by atoms with Crippen LogP contribution in [0, 0.1) is 0 Å². The summed E-state index contributed by atoms with van der Waals surface area (Å²) in [4.78, 5) is 13.4. The first-order valence-electron chi connectivity index (χ1n) is 37.7. The Morgan fingerprint density at radius 1 is 0.389 bits per heavy atom. The second kappa shape index (κ2) is 56.9. The minimum Gasteiger partial charge on any atom is -0.394 e. The van der Waals surface area contributed by atoms with E-state index in [1.807, 2.05) is 6.08 Å². The lowest BCUT2D eigenvalue weighted by molar-refractivity contribution is -0.379. The number of hydrogen-bond donors (Lipinski definition) is 12. The Kier molecular flexibility index (Phi) is 51.8. The van der Waals surface area contributed by atoms with Gasteiger partial charge in [-0.2, -0.15) is 0 Å². The zero-order valence-electron chi connectivity index (χ0n) is 58.6. The van der Waals surface area contributed by atoms with Crippen molar-refractivity contribution < 1.29 is 89.4 Å². The van der Waals surface area contributed by atoms with Crippen molar-refractivity contribution in [2.75, 3.05) is 26.4 Å². The Bertz CT molecular complexity index is 2000. The van der Waals surface area contributed by atoms with Gasteiger partial charge in [0, 0.05) is 6.42 Å². The predicted octanol–water partition coefficient (Wildman–Crippen LogP) is 11.3. The van der Waals surface area contributed by atoms with Crippen molar-refractivity contribution in [2.45, 2.75) is 375 Å². The molecule has 0 aliphatic carbocycles. The summed E-state index contributed by atoms with van der Waals surface area (Å²) in [6.07, 6.45) is 46.4. The first kappa shape index (κ1) is 86.5. The zero-order chi connectivity index (χ0) is 68.9. The fraction of sp³-hybridized carbons (Fsp3) is 0.829. The molecule has 0 radical (unpaired) electrons. The summed E-state index contributed by atoms with van der Waals surface area (Å²) < 4.78 is 34.3. The van der Waals surface area contributed by atoms with Crippen LogP contribution in [0.5, 0.6) is 0 Å². The molecule has 3 aliphatic heterocycles. The van der Waals surface area contributed by atoms with Gasteiger partial charge in [0.2, 0.25) is 5.91 Å². The van der Waals surface area contributed by atoms with Crippen molar-refractivity contribution in [1.82, 2.24) is 5.32 Å². The quantitative estimate of drug-likeness (QED) is 0.0199. The smallest absolute Gasteiger partial charge is 0.220 e. The van der Waals surface area contributed by atoms with E-state index in [9.17, 15) is 61.0 Å². The zero-order valence-corrected chi connectivity index (χ0v) is 58.6. The number of unbranched alkanes of at least 4 members (excludes halogenated alkanes) is 32. The molecule has 3 aliphatic rings. The van der Waals surface area contributed by atoms with Gasteiger partial charge in [0.05, 0.1) is 38.6 Å². The number of carbonyl (C=O) groups is 1. The number of ether oxygens (including phenoxy) is 6. The minimum atomic E-state index is -1.98. The van der Waals surface area contributed by atoms with Gasteiger partial charge < -0.3 is 89.9 Å². The van der Waals surface area contributed by atoms with Crippen molar-refractivity contribution in [3.8, 4) is 0 Å². The van der Waals surface area contributed by atoms with Gasteiger partial charge in [0.15, 0.2) is 18.9 Å². The summed E-state index contributed by atoms with van der Waals surface area (Å²) in [6.45, 7) is 1.60. The fourth-order valence-corrected chi connectivity index (χ4v) is 12.5. The Hall–Kier alpha value is -2.77. The number of allylic oxidation sites excluding steroid dienone is 11. The molecule has 0 bridgehead atoms. The van der Waals surface area contributed by atoms with E-state index < -0.39 is 124 Å². The molecule has 552 valence electrons. The highest BCUT2D eigenvalue weighted by molar-refractivity contribution is 5.76. The minimum absolute atomic E-state index is 0.245. The van der Waals surface area contributed by atoms with E-state index in [2.05, 4.69) is 79.9 Å². The maximum atomic E-state index is 13.4. The Morgan fingerprint density at radius 2 is 0.726 bits per heavy atom. The number of nitrogens with one attached hydrogen (secondary N) is 1. The molecule has 3 fully saturated rings. The highest BCUT2D eigenvalue weighted by Crippen LogP contribution is 2.33. The van der Waals surface area contributed by atoms with Crippen molar-refractivity contribution >= 4 is 5.91 Å². The molecule has 3 rings (SSSR count). The molecule has 19 heteroatoms. The van der Waals surface area contributed by atoms with Gasteiger partial charge >= 0.3 is 0 Å². The predicted molar refractivity (Wildman–Crippen MR) is 374 cm³/mol. The van der Waals surface area contributed by atoms with Gasteiger partial charge in [-0.15, -0.1) is 0 Å². The van der Waals surface area contributed by atoms with E-state index in [1.54, 1.807) is 6.08 Å². The lowest BCUT2D eigenvalue weighted by Crippen LogP contribution is -2.66. The SMILES string of the molecule is CC/C=C\C/C=C\C/C=C\C/C=C\C/C=C\CCCCCCCCCCCCCCCCCCCCCCCCCC(=O)NC(COC1OC(CO)C(OC2OC(CO)C(OC3OC(CO)C(O)C(O)C3O)C(O)C2O)C(O)C1O)C(O)/C=C/CCCCCCCCCCC. The maximum absolute atomic E-state index is 13.4. The van der Waals surface area contributed by atoms with Crippen molar-refractivity contribution in [3.05, 3.63) is 72.9 Å². The van der Waals surface area contributed by atoms with Gasteiger partial charge in [-0.1, -0.05) is 273 Å². The monoisotopic (exact) mass is 1350 g/mol. The molecule has 1 amide bonds. The molecule has 12 N–H and O–H groups in total. The van der Waals surface area contributed by atoms with Crippen LogP contribution in [0.15, 0.2) is 72.9 Å². The number of aliphatic hydroxyl groups is 11. The molecule has 17 unspecified atom stereocenters. The standard InChI is InChI=1S/C76H135NO18/c1-3-5-7-9-11-13-15-16-17-18-19-20-21-22-23-24-25-26-27-28-29-30-31-32-33-34-35-36-37-38-39-40-41-42-44-46-48-50-52-54-64(82)77-59(60(81)53-51-49-47-45-43-14-12-10-8-6-4-2)58-90-74-70(88)67(85)72(62(56-79)92-74)95-76-71(89)68(86)73(63(57-80)93-76)94-75-69(87)66(84)65(83)61(55-78)91-75/h5,7,11,13,16-17,19-20,22-23,51,53,59-63,65-76,78-81,83-89H,3-4,6,8-10,12,14-15,18,21,24-50,52,54-58H2,1-2H3,(H,77,82)/b7-5-,13-11-,17-16-,20-19-,23-22-,53-51+. The van der Waals surface area contributed by atoms with Crippen LogP contribution in [0.3, 0.4) is 0 Å². The van der Waals surface area contributed by atoms with Crippen LogP contribution in [-0.4, -0.2) is 193 Å². The fourth-order valence-electron chi connectivity index (χ4n) is 12.5. The topological polar surface area (TPSA) is 307 Å². The van der Waals surface area contributed by atoms with Crippen LogP contribution in [0.4, 0.5) is 0 Å². The summed E-state index contributed by atoms with van der Waals surface area (Å²) in [5.74, 6) is -0.274. The van der Waals surface area contributed by atoms with Crippen LogP contribution in [-0.2, 0) is 33.2 Å². The maximum Gasteiger partial charge on any atom is 0.220 e. The third kappa shape index (κ3) is 38.0. The molecule has 0 saturated carbocycles. The van der Waals surface area contributed by atoms with Gasteiger partial charge in [0.1, 0.15) is 73.2 Å². The Morgan fingerprint density at radius 3 is 1.14 bits per heavy atom. The van der Waals surface area contributed by atoms with Gasteiger partial charge in [-0.25, -0.2) is 0 Å². The first-order valence-corrected chi connectivity index (χ1v) is 37.7. The molecule has 0 aromatic rings. The van der Waals surface area contributed by atoms with Crippen LogP contribution in [0.25, 0.3) is 0 Å². The average Bonchev–Trinajstić information content (AvgIpc) is 0.787. The van der Waals surface area contributed by atoms with Gasteiger partial charge in [0.25, 0.3) is 0 Å². The highest BCUT2D eigenvalue weighted by atomic mass is 16.8. The molecular weight excluding hydrogens is 1210 g/mol. The lowest BCUT2D eigenvalue weighted by atomic mass is 9.96. The van der Waals surface area contributed by atoms with Crippen molar-refractivity contribution in [2.24, 2.45) is 0 Å². The first-order chi connectivity index (χ1) is 46.3. The second-order valence-corrected chi connectivity index (χ2v) is 26.7. The van der Waals surface area contributed by atoms with Crippen molar-refractivity contribution in [1.29, 1.82) is 0 Å². The molecule has 0 aromatic heterocycles. The Labute approximate surface area is 572 Å². The second-order valence-electron chi connectivity index (χ2n) is 26.7. The lowest BCUT2D eigenvalue weighted by Gasteiger charge is -2.48. The normalized spacial score (nSPS) is 27.6. The number of rotatable bonds is 58. The van der Waals surface area contributed by atoms with E-state index in [0.29, 0.717) is 6.42 Å². The third-order valence-electron chi connectivity index (χ3n) is 18.5. The van der Waals surface area contributed by atoms with Crippen LogP contribution in [0.2, 0.25) is 0 Å². The molecule has 3 saturated heterocycles. The molecule has 19 nitrogen and oxygen atoms in total. The van der Waals surface area contributed by atoms with E-state index in [-0.39, 0.29) is 18.9 Å². The summed E-state index contributed by atoms with van der Waals surface area (Å²) in [5.41, 5.74) is 0. The van der Waals surface area contributed by atoms with Crippen LogP contribution < -0.4 is 5.32 Å². The van der Waals surface area contributed by atoms with E-state index >= 15 is 0 Å². The van der Waals surface area contributed by atoms with Gasteiger partial charge in [-0.05, 0) is 64.2 Å². The summed E-state index contributed by atoms with van der Waals surface area (Å²) in [7, 11) is 0. The molecule has 0 spiro atoms. The van der Waals surface area contributed by atoms with E-state index in [4.69, 9.17) is 28.4 Å². The number of aliphatic hydroxyl groups excluding tert-OH is 11. The largest absolute Gasteiger partial charge is 0.394 e. The average molecular weight is 1350 g/mol. The molecule has 0 aromatic carbocycles. The van der Waals surface area contributed by atoms with E-state index in [0.717, 1.165) is 77.0 Å². The number of hydrogen-bond acceptors (Lipinski definition) is 18. The summed E-state index contributed by atoms with van der Waals surface area (Å²) >= 11 is 0. The van der Waals surface area contributed by atoms with Gasteiger partial charge in [-0.3, -0.25) is 4.79 Å². The highest BCUT2D eigenvalue weighted by Gasteiger charge is 2.53. The van der Waals surface area contributed by atoms with E-state index in [1.165, 1.54) is 167 Å². The number of carbonyl (C=O) groups excluding carboxylic acids is 1. The Balaban J connectivity index is 1.28. The molecular formula is C76H135NO18. The molecule has 95 heavy (non-hydrogen) atoms. The molecule has 3 heterocycles. The summed E-state index contributed by atoms with van der Waals surface area (Å²) in [5, 5.41) is 120. The third-order valence-corrected chi connectivity index (χ3v) is 18.5. The van der Waals surface area contributed by atoms with Crippen LogP contribution >= 0.6 is 0 Å². The summed E-state index contributed by atoms with van der Waals surface area (Å²) in [6, 6.07) is -0.972.